The van der Waals surface area contributed by atoms with Crippen molar-refractivity contribution in [3.63, 3.8) is 0 Å². The summed E-state index contributed by atoms with van der Waals surface area (Å²) in [5.74, 6) is -0.0926. The van der Waals surface area contributed by atoms with Crippen LogP contribution < -0.4 is 5.32 Å². The number of anilines is 1. The molecule has 124 valence electrons. The SMILES string of the molecule is O=C(CN1CCCC1=O)Nc1ccc(Sc2ccc(Br)cc2)cc1. The van der Waals surface area contributed by atoms with Gasteiger partial charge in [0, 0.05) is 32.9 Å². The van der Waals surface area contributed by atoms with Crippen molar-refractivity contribution in [3.8, 4) is 0 Å². The lowest BCUT2D eigenvalue weighted by Gasteiger charge is -2.15. The first-order valence-corrected chi connectivity index (χ1v) is 9.32. The molecular weight excluding hydrogens is 388 g/mol. The molecule has 0 aliphatic carbocycles. The first kappa shape index (κ1) is 17.0. The Morgan fingerprint density at radius 1 is 1.08 bits per heavy atom. The monoisotopic (exact) mass is 404 g/mol. The summed E-state index contributed by atoms with van der Waals surface area (Å²) in [7, 11) is 0. The van der Waals surface area contributed by atoms with E-state index in [4.69, 9.17) is 0 Å². The molecule has 1 aliphatic heterocycles. The fourth-order valence-electron chi connectivity index (χ4n) is 2.49. The second kappa shape index (κ2) is 7.85. The quantitative estimate of drug-likeness (QED) is 0.813. The summed E-state index contributed by atoms with van der Waals surface area (Å²) in [5.41, 5.74) is 0.742. The third-order valence-electron chi connectivity index (χ3n) is 3.69. The van der Waals surface area contributed by atoms with Gasteiger partial charge in [-0.1, -0.05) is 27.7 Å². The van der Waals surface area contributed by atoms with Crippen LogP contribution in [0.1, 0.15) is 12.8 Å². The van der Waals surface area contributed by atoms with Gasteiger partial charge in [-0.3, -0.25) is 9.59 Å². The van der Waals surface area contributed by atoms with Gasteiger partial charge in [0.05, 0.1) is 6.54 Å². The Balaban J connectivity index is 1.55. The Morgan fingerprint density at radius 2 is 1.71 bits per heavy atom. The first-order chi connectivity index (χ1) is 11.6. The van der Waals surface area contributed by atoms with Crippen LogP contribution in [0.5, 0.6) is 0 Å². The van der Waals surface area contributed by atoms with Crippen molar-refractivity contribution in [2.24, 2.45) is 0 Å². The Morgan fingerprint density at radius 3 is 2.29 bits per heavy atom. The number of carbonyl (C=O) groups excluding carboxylic acids is 2. The second-order valence-electron chi connectivity index (χ2n) is 5.55. The van der Waals surface area contributed by atoms with E-state index in [1.54, 1.807) is 16.7 Å². The molecule has 1 fully saturated rings. The van der Waals surface area contributed by atoms with Crippen LogP contribution in [0.4, 0.5) is 5.69 Å². The fourth-order valence-corrected chi connectivity index (χ4v) is 3.57. The van der Waals surface area contributed by atoms with Crippen LogP contribution in [-0.4, -0.2) is 29.8 Å². The smallest absolute Gasteiger partial charge is 0.243 e. The van der Waals surface area contributed by atoms with Crippen molar-refractivity contribution in [3.05, 3.63) is 53.0 Å². The molecule has 4 nitrogen and oxygen atoms in total. The van der Waals surface area contributed by atoms with Gasteiger partial charge < -0.3 is 10.2 Å². The van der Waals surface area contributed by atoms with Gasteiger partial charge in [0.1, 0.15) is 0 Å². The summed E-state index contributed by atoms with van der Waals surface area (Å²) in [6.45, 7) is 0.809. The highest BCUT2D eigenvalue weighted by Crippen LogP contribution is 2.29. The van der Waals surface area contributed by atoms with Crippen molar-refractivity contribution in [2.75, 3.05) is 18.4 Å². The number of rotatable bonds is 5. The van der Waals surface area contributed by atoms with Crippen LogP contribution in [0.3, 0.4) is 0 Å². The van der Waals surface area contributed by atoms with Crippen LogP contribution in [0.15, 0.2) is 62.8 Å². The highest BCUT2D eigenvalue weighted by molar-refractivity contribution is 9.10. The van der Waals surface area contributed by atoms with Crippen LogP contribution >= 0.6 is 27.7 Å². The molecule has 1 heterocycles. The number of hydrogen-bond donors (Lipinski definition) is 1. The molecule has 2 aromatic carbocycles. The van der Waals surface area contributed by atoms with Crippen molar-refractivity contribution in [2.45, 2.75) is 22.6 Å². The first-order valence-electron chi connectivity index (χ1n) is 7.71. The maximum atomic E-state index is 12.0. The third kappa shape index (κ3) is 4.61. The Bertz CT molecular complexity index is 732. The van der Waals surface area contributed by atoms with Crippen molar-refractivity contribution >= 4 is 45.2 Å². The van der Waals surface area contributed by atoms with E-state index in [9.17, 15) is 9.59 Å². The number of halogens is 1. The molecule has 1 N–H and O–H groups in total. The third-order valence-corrected chi connectivity index (χ3v) is 5.24. The largest absolute Gasteiger partial charge is 0.333 e. The van der Waals surface area contributed by atoms with Gasteiger partial charge in [0.2, 0.25) is 11.8 Å². The van der Waals surface area contributed by atoms with Gasteiger partial charge in [-0.05, 0) is 55.0 Å². The van der Waals surface area contributed by atoms with Crippen LogP contribution in [-0.2, 0) is 9.59 Å². The van der Waals surface area contributed by atoms with E-state index in [1.807, 2.05) is 36.4 Å². The molecule has 0 bridgehead atoms. The number of hydrogen-bond acceptors (Lipinski definition) is 3. The Kier molecular flexibility index (Phi) is 5.58. The number of nitrogens with one attached hydrogen (secondary N) is 1. The zero-order chi connectivity index (χ0) is 16.9. The van der Waals surface area contributed by atoms with E-state index in [0.717, 1.165) is 26.4 Å². The van der Waals surface area contributed by atoms with Gasteiger partial charge in [-0.25, -0.2) is 0 Å². The summed E-state index contributed by atoms with van der Waals surface area (Å²) in [6.07, 6.45) is 1.39. The lowest BCUT2D eigenvalue weighted by atomic mass is 10.3. The van der Waals surface area contributed by atoms with E-state index in [0.29, 0.717) is 13.0 Å². The predicted octanol–water partition coefficient (Wildman–Crippen LogP) is 4.16. The molecule has 0 spiro atoms. The molecule has 0 unspecified atom stereocenters. The molecular formula is C18H17BrN2O2S. The Labute approximate surface area is 153 Å². The molecule has 1 saturated heterocycles. The topological polar surface area (TPSA) is 49.4 Å². The zero-order valence-electron chi connectivity index (χ0n) is 13.0. The summed E-state index contributed by atoms with van der Waals surface area (Å²) < 4.78 is 1.06. The maximum absolute atomic E-state index is 12.0. The number of carbonyl (C=O) groups is 2. The summed E-state index contributed by atoms with van der Waals surface area (Å²) >= 11 is 5.09. The van der Waals surface area contributed by atoms with Gasteiger partial charge in [0.15, 0.2) is 0 Å². The van der Waals surface area contributed by atoms with Crippen molar-refractivity contribution < 1.29 is 9.59 Å². The van der Waals surface area contributed by atoms with Crippen LogP contribution in [0.2, 0.25) is 0 Å². The number of amides is 2. The second-order valence-corrected chi connectivity index (χ2v) is 7.61. The van der Waals surface area contributed by atoms with Gasteiger partial charge >= 0.3 is 0 Å². The van der Waals surface area contributed by atoms with Crippen LogP contribution in [0, 0.1) is 0 Å². The molecule has 2 aromatic rings. The van der Waals surface area contributed by atoms with E-state index in [-0.39, 0.29) is 18.4 Å². The number of nitrogens with zero attached hydrogens (tertiary/aromatic N) is 1. The zero-order valence-corrected chi connectivity index (χ0v) is 15.4. The van der Waals surface area contributed by atoms with E-state index in [1.165, 1.54) is 0 Å². The average molecular weight is 405 g/mol. The highest BCUT2D eigenvalue weighted by atomic mass is 79.9. The molecule has 0 aromatic heterocycles. The summed E-state index contributed by atoms with van der Waals surface area (Å²) in [6, 6.07) is 15.8. The van der Waals surface area contributed by atoms with Crippen LogP contribution in [0.25, 0.3) is 0 Å². The maximum Gasteiger partial charge on any atom is 0.243 e. The summed E-state index contributed by atoms with van der Waals surface area (Å²) in [5, 5.41) is 2.84. The Hall–Kier alpha value is -1.79. The number of likely N-dealkylation sites (tertiary alicyclic amines) is 1. The molecule has 0 saturated carbocycles. The fraction of sp³-hybridized carbons (Fsp3) is 0.222. The minimum absolute atomic E-state index is 0.0615. The lowest BCUT2D eigenvalue weighted by Crippen LogP contribution is -2.33. The number of benzene rings is 2. The lowest BCUT2D eigenvalue weighted by molar-refractivity contribution is -0.131. The molecule has 24 heavy (non-hydrogen) atoms. The minimum Gasteiger partial charge on any atom is -0.333 e. The van der Waals surface area contributed by atoms with E-state index < -0.39 is 0 Å². The summed E-state index contributed by atoms with van der Waals surface area (Å²) in [4.78, 5) is 27.4. The molecule has 0 atom stereocenters. The van der Waals surface area contributed by atoms with Crippen molar-refractivity contribution in [1.29, 1.82) is 0 Å². The van der Waals surface area contributed by atoms with Gasteiger partial charge in [-0.15, -0.1) is 0 Å². The van der Waals surface area contributed by atoms with E-state index in [2.05, 4.69) is 33.4 Å². The predicted molar refractivity (Wildman–Crippen MR) is 99.2 cm³/mol. The molecule has 0 radical (unpaired) electrons. The highest BCUT2D eigenvalue weighted by Gasteiger charge is 2.22. The normalized spacial score (nSPS) is 14.0. The van der Waals surface area contributed by atoms with Gasteiger partial charge in [-0.2, -0.15) is 0 Å². The molecule has 3 rings (SSSR count). The molecule has 2 amide bonds. The minimum atomic E-state index is -0.154. The standard InChI is InChI=1S/C18H17BrN2O2S/c19-13-3-7-15(8-4-13)24-16-9-5-14(6-10-16)20-17(22)12-21-11-1-2-18(21)23/h3-10H,1-2,11-12H2,(H,20,22). The molecule has 1 aliphatic rings. The average Bonchev–Trinajstić information content (AvgIpc) is 2.96. The molecule has 6 heteroatoms. The van der Waals surface area contributed by atoms with Crippen molar-refractivity contribution in [1.82, 2.24) is 4.90 Å². The van der Waals surface area contributed by atoms with E-state index >= 15 is 0 Å². The van der Waals surface area contributed by atoms with Gasteiger partial charge in [0.25, 0.3) is 0 Å².